The van der Waals surface area contributed by atoms with E-state index in [1.807, 2.05) is 18.1 Å². The lowest BCUT2D eigenvalue weighted by molar-refractivity contribution is -0.138. The molecule has 0 saturated carbocycles. The van der Waals surface area contributed by atoms with Crippen LogP contribution in [0.15, 0.2) is 41.7 Å². The van der Waals surface area contributed by atoms with Crippen molar-refractivity contribution >= 4 is 18.0 Å². The summed E-state index contributed by atoms with van der Waals surface area (Å²) in [5, 5.41) is 14.1. The minimum absolute atomic E-state index is 0.0296. The second kappa shape index (κ2) is 14.9. The number of aromatic nitrogens is 4. The van der Waals surface area contributed by atoms with Crippen molar-refractivity contribution in [1.82, 2.24) is 25.1 Å². The summed E-state index contributed by atoms with van der Waals surface area (Å²) in [6, 6.07) is 2.53. The zero-order valence-electron chi connectivity index (χ0n) is 22.0. The fourth-order valence-corrected chi connectivity index (χ4v) is 3.40. The smallest absolute Gasteiger partial charge is 0.397 e. The van der Waals surface area contributed by atoms with Gasteiger partial charge in [-0.2, -0.15) is 18.3 Å². The number of unbranched alkanes of at least 4 members (excludes halogenated alkanes) is 2. The Kier molecular flexibility index (Phi) is 12.0. The minimum atomic E-state index is -4.74. The molecule has 0 aliphatic rings. The van der Waals surface area contributed by atoms with Crippen LogP contribution in [-0.2, 0) is 6.18 Å². The maximum absolute atomic E-state index is 14.5. The van der Waals surface area contributed by atoms with Crippen LogP contribution in [0.5, 0.6) is 0 Å². The summed E-state index contributed by atoms with van der Waals surface area (Å²) in [5.41, 5.74) is 2.02. The molecule has 3 aromatic rings. The van der Waals surface area contributed by atoms with Gasteiger partial charge in [-0.25, -0.2) is 28.2 Å². The molecule has 0 fully saturated rings. The van der Waals surface area contributed by atoms with Crippen molar-refractivity contribution in [1.29, 1.82) is 0 Å². The molecule has 3 rings (SSSR count). The predicted octanol–water partition coefficient (Wildman–Crippen LogP) is 4.86. The molecule has 0 aliphatic heterocycles. The van der Waals surface area contributed by atoms with E-state index in [0.717, 1.165) is 50.5 Å². The van der Waals surface area contributed by atoms with E-state index < -0.39 is 41.3 Å². The van der Waals surface area contributed by atoms with Crippen molar-refractivity contribution in [3.05, 3.63) is 75.3 Å². The number of aromatic amines is 1. The maximum Gasteiger partial charge on any atom is 0.423 e. The molecule has 2 aromatic heterocycles. The molecule has 4 N–H and O–H groups in total. The molecule has 0 saturated heterocycles. The number of aldehydes is 1. The standard InChI is InChI=1S/C21H24F3N3O2.C5H4F3N3O/c1-3-4-5-7-27(2)8-6-14-9-17(18(22)10-15(14)13-28)21-25-11-16(12-26-21)19(29)20(23)24;6-5(7,8)3-2(9)1-10-11-4(3)12/h6,8-13,19-20,29H,3-5,7H2,1-2H3;1H,(H3,9,11,12)/b8-6-;. The predicted molar refractivity (Wildman–Crippen MR) is 139 cm³/mol. The quantitative estimate of drug-likeness (QED) is 0.174. The highest BCUT2D eigenvalue weighted by Crippen LogP contribution is 2.29. The SMILES string of the molecule is CCCCCN(C)/C=C\c1cc(-c2ncc(C(O)C(F)F)cn2)c(F)cc1C=O.Nc1cn[nH]c(=O)c1C(F)(F)F. The average molecular weight is 587 g/mol. The number of hydrogen-bond donors (Lipinski definition) is 3. The summed E-state index contributed by atoms with van der Waals surface area (Å²) in [5.74, 6) is -0.737. The number of nitrogens with two attached hydrogens (primary N) is 1. The van der Waals surface area contributed by atoms with Crippen molar-refractivity contribution in [2.45, 2.75) is 44.9 Å². The Morgan fingerprint density at radius 2 is 1.78 bits per heavy atom. The molecular formula is C26H28F6N6O3. The molecule has 0 spiro atoms. The van der Waals surface area contributed by atoms with Gasteiger partial charge in [0, 0.05) is 37.1 Å². The number of H-pyrrole nitrogens is 1. The Bertz CT molecular complexity index is 1380. The van der Waals surface area contributed by atoms with Crippen LogP contribution < -0.4 is 11.3 Å². The number of aliphatic hydroxyl groups is 1. The van der Waals surface area contributed by atoms with E-state index in [1.54, 1.807) is 11.2 Å². The molecule has 1 aromatic carbocycles. The number of nitrogens with zero attached hydrogens (tertiary/aromatic N) is 4. The third-order valence-electron chi connectivity index (χ3n) is 5.58. The summed E-state index contributed by atoms with van der Waals surface area (Å²) in [6.07, 6.45) is 0.428. The van der Waals surface area contributed by atoms with Gasteiger partial charge < -0.3 is 15.7 Å². The number of alkyl halides is 5. The van der Waals surface area contributed by atoms with Crippen LogP contribution >= 0.6 is 0 Å². The number of carbonyl (C=O) groups is 1. The van der Waals surface area contributed by atoms with E-state index in [-0.39, 0.29) is 22.5 Å². The second-order valence-corrected chi connectivity index (χ2v) is 8.73. The molecule has 0 amide bonds. The fraction of sp³-hybridized carbons (Fsp3) is 0.346. The zero-order chi connectivity index (χ0) is 30.7. The van der Waals surface area contributed by atoms with Gasteiger partial charge in [0.05, 0.1) is 17.4 Å². The molecule has 1 atom stereocenters. The average Bonchev–Trinajstić information content (AvgIpc) is 2.91. The number of rotatable bonds is 10. The van der Waals surface area contributed by atoms with E-state index in [0.29, 0.717) is 11.8 Å². The van der Waals surface area contributed by atoms with Crippen LogP contribution in [0, 0.1) is 5.82 Å². The summed E-state index contributed by atoms with van der Waals surface area (Å²) in [6.45, 7) is 2.97. The van der Waals surface area contributed by atoms with Gasteiger partial charge in [-0.3, -0.25) is 9.59 Å². The molecule has 0 bridgehead atoms. The molecule has 0 radical (unpaired) electrons. The van der Waals surface area contributed by atoms with Crippen molar-refractivity contribution in [3.8, 4) is 11.4 Å². The number of nitrogens with one attached hydrogen (secondary N) is 1. The van der Waals surface area contributed by atoms with E-state index in [4.69, 9.17) is 5.73 Å². The lowest BCUT2D eigenvalue weighted by Gasteiger charge is -2.14. The van der Waals surface area contributed by atoms with Crippen molar-refractivity contribution < 1.29 is 36.2 Å². The van der Waals surface area contributed by atoms with Gasteiger partial charge in [-0.05, 0) is 36.4 Å². The van der Waals surface area contributed by atoms with Crippen LogP contribution in [-0.4, -0.2) is 56.5 Å². The van der Waals surface area contributed by atoms with E-state index in [1.165, 1.54) is 6.07 Å². The lowest BCUT2D eigenvalue weighted by atomic mass is 10.0. The van der Waals surface area contributed by atoms with Crippen molar-refractivity contribution in [3.63, 3.8) is 0 Å². The van der Waals surface area contributed by atoms with Crippen LogP contribution in [0.1, 0.15) is 59.3 Å². The van der Waals surface area contributed by atoms with Crippen LogP contribution in [0.25, 0.3) is 17.5 Å². The number of halogens is 6. The number of nitrogen functional groups attached to an aromatic ring is 1. The van der Waals surface area contributed by atoms with E-state index in [2.05, 4.69) is 22.0 Å². The fourth-order valence-electron chi connectivity index (χ4n) is 3.40. The zero-order valence-corrected chi connectivity index (χ0v) is 22.0. The summed E-state index contributed by atoms with van der Waals surface area (Å²) < 4.78 is 75.5. The monoisotopic (exact) mass is 586 g/mol. The molecule has 0 aliphatic carbocycles. The first kappa shape index (κ1) is 32.9. The Morgan fingerprint density at radius 3 is 2.29 bits per heavy atom. The molecular weight excluding hydrogens is 558 g/mol. The minimum Gasteiger partial charge on any atom is -0.397 e. The topological polar surface area (TPSA) is 138 Å². The molecule has 9 nitrogen and oxygen atoms in total. The van der Waals surface area contributed by atoms with Crippen molar-refractivity contribution in [2.75, 3.05) is 19.3 Å². The highest BCUT2D eigenvalue weighted by Gasteiger charge is 2.36. The molecule has 41 heavy (non-hydrogen) atoms. The van der Waals surface area contributed by atoms with Gasteiger partial charge in [-0.15, -0.1) is 0 Å². The largest absolute Gasteiger partial charge is 0.423 e. The van der Waals surface area contributed by atoms with Gasteiger partial charge in [0.1, 0.15) is 17.5 Å². The Hall–Kier alpha value is -4.27. The summed E-state index contributed by atoms with van der Waals surface area (Å²) >= 11 is 0. The third kappa shape index (κ3) is 9.41. The highest BCUT2D eigenvalue weighted by molar-refractivity contribution is 5.84. The molecule has 15 heteroatoms. The lowest BCUT2D eigenvalue weighted by Crippen LogP contribution is -2.24. The number of carbonyl (C=O) groups excluding carboxylic acids is 1. The first-order valence-electron chi connectivity index (χ1n) is 12.2. The van der Waals surface area contributed by atoms with Gasteiger partial charge in [0.15, 0.2) is 12.1 Å². The molecule has 2 heterocycles. The van der Waals surface area contributed by atoms with Gasteiger partial charge in [0.25, 0.3) is 12.0 Å². The van der Waals surface area contributed by atoms with Gasteiger partial charge in [0.2, 0.25) is 0 Å². The third-order valence-corrected chi connectivity index (χ3v) is 5.58. The summed E-state index contributed by atoms with van der Waals surface area (Å²) in [4.78, 5) is 31.6. The summed E-state index contributed by atoms with van der Waals surface area (Å²) in [7, 11) is 1.91. The van der Waals surface area contributed by atoms with Gasteiger partial charge >= 0.3 is 6.18 Å². The Morgan fingerprint density at radius 1 is 1.12 bits per heavy atom. The maximum atomic E-state index is 14.5. The normalized spacial score (nSPS) is 12.2. The van der Waals surface area contributed by atoms with Crippen molar-refractivity contribution in [2.24, 2.45) is 0 Å². The van der Waals surface area contributed by atoms with Crippen LogP contribution in [0.3, 0.4) is 0 Å². The number of hydrogen-bond acceptors (Lipinski definition) is 8. The molecule has 1 unspecified atom stereocenters. The Labute approximate surface area is 230 Å². The second-order valence-electron chi connectivity index (χ2n) is 8.73. The Balaban J connectivity index is 0.000000408. The van der Waals surface area contributed by atoms with E-state index >= 15 is 0 Å². The van der Waals surface area contributed by atoms with E-state index in [9.17, 15) is 41.0 Å². The highest BCUT2D eigenvalue weighted by atomic mass is 19.4. The number of aliphatic hydroxyl groups excluding tert-OH is 1. The van der Waals surface area contributed by atoms with Gasteiger partial charge in [-0.1, -0.05) is 19.8 Å². The first-order chi connectivity index (χ1) is 19.3. The molecule has 222 valence electrons. The van der Waals surface area contributed by atoms with Crippen LogP contribution in [0.2, 0.25) is 0 Å². The first-order valence-corrected chi connectivity index (χ1v) is 12.2. The number of anilines is 1. The number of benzene rings is 1. The van der Waals surface area contributed by atoms with Crippen LogP contribution in [0.4, 0.5) is 32.0 Å².